The van der Waals surface area contributed by atoms with Crippen molar-refractivity contribution in [2.24, 2.45) is 0 Å². The van der Waals surface area contributed by atoms with Crippen LogP contribution in [-0.4, -0.2) is 84.4 Å². The third-order valence-electron chi connectivity index (χ3n) is 6.42. The van der Waals surface area contributed by atoms with Crippen molar-refractivity contribution in [2.45, 2.75) is 57.4 Å². The summed E-state index contributed by atoms with van der Waals surface area (Å²) in [6.07, 6.45) is -3.11. The van der Waals surface area contributed by atoms with Gasteiger partial charge >= 0.3 is 6.18 Å². The first-order chi connectivity index (χ1) is 15.4. The van der Waals surface area contributed by atoms with Gasteiger partial charge in [-0.15, -0.1) is 0 Å². The minimum atomic E-state index is -4.59. The highest BCUT2D eigenvalue weighted by atomic mass is 19.4. The van der Waals surface area contributed by atoms with Gasteiger partial charge in [-0.1, -0.05) is 13.0 Å². The molecule has 1 aromatic heterocycles. The fraction of sp³-hybridized carbons (Fsp3) is 0.739. The summed E-state index contributed by atoms with van der Waals surface area (Å²) in [6.45, 7) is 9.23. The molecule has 2 aliphatic rings. The largest absolute Gasteiger partial charge is 0.433 e. The molecule has 2 saturated heterocycles. The van der Waals surface area contributed by atoms with Crippen LogP contribution in [0.3, 0.4) is 0 Å². The maximum absolute atomic E-state index is 14.1. The highest BCUT2D eigenvalue weighted by Gasteiger charge is 2.43. The molecule has 1 aromatic rings. The number of ether oxygens (including phenoxy) is 1. The molecule has 10 heteroatoms. The van der Waals surface area contributed by atoms with Crippen molar-refractivity contribution < 1.29 is 27.1 Å². The fourth-order valence-electron chi connectivity index (χ4n) is 4.75. The summed E-state index contributed by atoms with van der Waals surface area (Å²) in [5.74, 6) is -0.258. The average Bonchev–Trinajstić information content (AvgIpc) is 2.76. The van der Waals surface area contributed by atoms with Crippen molar-refractivity contribution in [3.05, 3.63) is 23.9 Å². The molecule has 0 spiro atoms. The topological polar surface area (TPSA) is 48.9 Å². The molecule has 0 N–H and O–H groups in total. The number of carbonyl (C=O) groups is 1. The van der Waals surface area contributed by atoms with E-state index in [1.807, 2.05) is 0 Å². The third-order valence-corrected chi connectivity index (χ3v) is 6.42. The number of piperazine rings is 1. The van der Waals surface area contributed by atoms with Gasteiger partial charge in [0.1, 0.15) is 17.2 Å². The van der Waals surface area contributed by atoms with Crippen molar-refractivity contribution in [3.8, 4) is 0 Å². The molecule has 0 saturated carbocycles. The first kappa shape index (κ1) is 25.8. The molecule has 33 heavy (non-hydrogen) atoms. The van der Waals surface area contributed by atoms with E-state index < -0.39 is 23.1 Å². The Balaban J connectivity index is 1.85. The number of aromatic nitrogens is 1. The lowest BCUT2D eigenvalue weighted by molar-refractivity contribution is -0.141. The lowest BCUT2D eigenvalue weighted by Gasteiger charge is -2.51. The average molecular weight is 475 g/mol. The fourth-order valence-corrected chi connectivity index (χ4v) is 4.75. The number of anilines is 1. The number of halogens is 4. The SMILES string of the molecule is CCC(=O)N(CC1(N2CCN(CC(C)(C)F)CC2)CCOCC1)c1cccc(C(F)(F)F)n1. The van der Waals surface area contributed by atoms with Crippen LogP contribution in [0.25, 0.3) is 0 Å². The quantitative estimate of drug-likeness (QED) is 0.564. The van der Waals surface area contributed by atoms with Crippen molar-refractivity contribution >= 4 is 11.7 Å². The summed E-state index contributed by atoms with van der Waals surface area (Å²) in [5, 5.41) is 0. The van der Waals surface area contributed by atoms with E-state index in [0.717, 1.165) is 6.07 Å². The lowest BCUT2D eigenvalue weighted by atomic mass is 9.86. The molecular weight excluding hydrogens is 440 g/mol. The van der Waals surface area contributed by atoms with Gasteiger partial charge in [0.25, 0.3) is 0 Å². The maximum atomic E-state index is 14.1. The summed E-state index contributed by atoms with van der Waals surface area (Å²) in [5.41, 5.74) is -2.73. The number of alkyl halides is 4. The van der Waals surface area contributed by atoms with Crippen LogP contribution in [0, 0.1) is 0 Å². The van der Waals surface area contributed by atoms with Gasteiger partial charge < -0.3 is 4.74 Å². The van der Waals surface area contributed by atoms with E-state index in [0.29, 0.717) is 58.8 Å². The predicted octanol–water partition coefficient (Wildman–Crippen LogP) is 3.76. The standard InChI is InChI=1S/C23H34F4N4O2/c1-4-20(32)31(19-7-5-6-18(28-19)23(25,26)27)17-22(8-14-33-15-9-22)30-12-10-29(11-13-30)16-21(2,3)24/h5-7H,4,8-17H2,1-3H3. The summed E-state index contributed by atoms with van der Waals surface area (Å²) >= 11 is 0. The number of carbonyl (C=O) groups excluding carboxylic acids is 1. The van der Waals surface area contributed by atoms with Gasteiger partial charge in [-0.25, -0.2) is 9.37 Å². The molecule has 1 amide bonds. The monoisotopic (exact) mass is 474 g/mol. The van der Waals surface area contributed by atoms with E-state index in [2.05, 4.69) is 14.8 Å². The molecule has 186 valence electrons. The van der Waals surface area contributed by atoms with Gasteiger partial charge in [-0.2, -0.15) is 13.2 Å². The van der Waals surface area contributed by atoms with E-state index in [1.165, 1.54) is 17.0 Å². The van der Waals surface area contributed by atoms with Crippen molar-refractivity contribution in [1.29, 1.82) is 0 Å². The Bertz CT molecular complexity index is 798. The zero-order chi connectivity index (χ0) is 24.3. The normalized spacial score (nSPS) is 20.6. The summed E-state index contributed by atoms with van der Waals surface area (Å²) in [6, 6.07) is 3.65. The number of pyridine rings is 1. The van der Waals surface area contributed by atoms with Crippen molar-refractivity contribution in [3.63, 3.8) is 0 Å². The minimum absolute atomic E-state index is 0.0142. The summed E-state index contributed by atoms with van der Waals surface area (Å²) < 4.78 is 59.5. The van der Waals surface area contributed by atoms with Gasteiger partial charge in [0, 0.05) is 64.4 Å². The van der Waals surface area contributed by atoms with Crippen LogP contribution in [0.5, 0.6) is 0 Å². The van der Waals surface area contributed by atoms with Crippen LogP contribution in [0.4, 0.5) is 23.4 Å². The molecule has 6 nitrogen and oxygen atoms in total. The predicted molar refractivity (Wildman–Crippen MR) is 118 cm³/mol. The number of hydrogen-bond acceptors (Lipinski definition) is 5. The summed E-state index contributed by atoms with van der Waals surface area (Å²) in [4.78, 5) is 22.5. The van der Waals surface area contributed by atoms with Gasteiger partial charge in [0.05, 0.1) is 0 Å². The van der Waals surface area contributed by atoms with Crippen molar-refractivity contribution in [1.82, 2.24) is 14.8 Å². The van der Waals surface area contributed by atoms with E-state index in [1.54, 1.807) is 20.8 Å². The van der Waals surface area contributed by atoms with Crippen LogP contribution in [0.2, 0.25) is 0 Å². The number of hydrogen-bond donors (Lipinski definition) is 0. The second-order valence-electron chi connectivity index (χ2n) is 9.53. The Kier molecular flexibility index (Phi) is 8.01. The van der Waals surface area contributed by atoms with E-state index >= 15 is 0 Å². The van der Waals surface area contributed by atoms with Crippen LogP contribution in [0.15, 0.2) is 18.2 Å². The highest BCUT2D eigenvalue weighted by Crippen LogP contribution is 2.34. The first-order valence-electron chi connectivity index (χ1n) is 11.5. The van der Waals surface area contributed by atoms with Gasteiger partial charge in [-0.05, 0) is 38.8 Å². The highest BCUT2D eigenvalue weighted by molar-refractivity contribution is 5.92. The molecule has 0 aliphatic carbocycles. The van der Waals surface area contributed by atoms with E-state index in [9.17, 15) is 22.4 Å². The van der Waals surface area contributed by atoms with E-state index in [-0.39, 0.29) is 24.7 Å². The molecule has 0 aromatic carbocycles. The minimum Gasteiger partial charge on any atom is -0.381 e. The Hall–Kier alpha value is -1.78. The second-order valence-corrected chi connectivity index (χ2v) is 9.53. The van der Waals surface area contributed by atoms with Gasteiger partial charge in [0.2, 0.25) is 5.91 Å². The molecule has 0 atom stereocenters. The molecule has 0 unspecified atom stereocenters. The van der Waals surface area contributed by atoms with Crippen LogP contribution >= 0.6 is 0 Å². The Morgan fingerprint density at radius 3 is 2.30 bits per heavy atom. The van der Waals surface area contributed by atoms with Crippen LogP contribution < -0.4 is 4.90 Å². The Labute approximate surface area is 192 Å². The van der Waals surface area contributed by atoms with E-state index in [4.69, 9.17) is 4.74 Å². The molecule has 3 rings (SSSR count). The second kappa shape index (κ2) is 10.2. The number of amides is 1. The third kappa shape index (κ3) is 6.64. The smallest absolute Gasteiger partial charge is 0.381 e. The molecule has 2 fully saturated rings. The molecular formula is C23H34F4N4O2. The van der Waals surface area contributed by atoms with Gasteiger partial charge in [-0.3, -0.25) is 19.5 Å². The van der Waals surface area contributed by atoms with Gasteiger partial charge in [0.15, 0.2) is 0 Å². The molecule has 3 heterocycles. The zero-order valence-corrected chi connectivity index (χ0v) is 19.6. The van der Waals surface area contributed by atoms with Crippen LogP contribution in [0.1, 0.15) is 45.7 Å². The summed E-state index contributed by atoms with van der Waals surface area (Å²) in [7, 11) is 0. The molecule has 2 aliphatic heterocycles. The first-order valence-corrected chi connectivity index (χ1v) is 11.5. The Morgan fingerprint density at radius 1 is 1.12 bits per heavy atom. The Morgan fingerprint density at radius 2 is 1.76 bits per heavy atom. The molecule has 0 radical (unpaired) electrons. The lowest BCUT2D eigenvalue weighted by Crippen LogP contribution is -2.64. The van der Waals surface area contributed by atoms with Crippen molar-refractivity contribution in [2.75, 3.05) is 57.4 Å². The van der Waals surface area contributed by atoms with Crippen LogP contribution in [-0.2, 0) is 15.7 Å². The molecule has 0 bridgehead atoms. The maximum Gasteiger partial charge on any atom is 0.433 e. The number of nitrogens with zero attached hydrogens (tertiary/aromatic N) is 4. The number of rotatable bonds is 7. The zero-order valence-electron chi connectivity index (χ0n) is 19.6.